The molecule has 13 heavy (non-hydrogen) atoms. The van der Waals surface area contributed by atoms with Gasteiger partial charge in [-0.1, -0.05) is 6.92 Å². The molecule has 0 spiro atoms. The highest BCUT2D eigenvalue weighted by Gasteiger charge is 2.27. The molecular weight excluding hydrogens is 160 g/mol. The number of rotatable bonds is 3. The summed E-state index contributed by atoms with van der Waals surface area (Å²) >= 11 is 0. The van der Waals surface area contributed by atoms with Crippen LogP contribution in [0, 0.1) is 0 Å². The third-order valence-corrected chi connectivity index (χ3v) is 3.50. The Morgan fingerprint density at radius 1 is 1.08 bits per heavy atom. The second kappa shape index (κ2) is 4.43. The first-order chi connectivity index (χ1) is 6.40. The highest BCUT2D eigenvalue weighted by Crippen LogP contribution is 2.21. The van der Waals surface area contributed by atoms with E-state index in [9.17, 15) is 0 Å². The molecule has 0 aromatic carbocycles. The molecule has 2 fully saturated rings. The highest BCUT2D eigenvalue weighted by molar-refractivity contribution is 4.83. The minimum absolute atomic E-state index is 0.932. The summed E-state index contributed by atoms with van der Waals surface area (Å²) in [5.41, 5.74) is 0. The van der Waals surface area contributed by atoms with E-state index < -0.39 is 0 Å². The molecule has 2 heteroatoms. The molecule has 2 nitrogen and oxygen atoms in total. The van der Waals surface area contributed by atoms with Crippen molar-refractivity contribution in [3.05, 3.63) is 0 Å². The van der Waals surface area contributed by atoms with E-state index in [-0.39, 0.29) is 0 Å². The van der Waals surface area contributed by atoms with Gasteiger partial charge in [-0.05, 0) is 58.4 Å². The van der Waals surface area contributed by atoms with Gasteiger partial charge in [0.1, 0.15) is 0 Å². The zero-order valence-electron chi connectivity index (χ0n) is 8.84. The zero-order valence-corrected chi connectivity index (χ0v) is 8.84. The summed E-state index contributed by atoms with van der Waals surface area (Å²) in [5.74, 6) is 0. The van der Waals surface area contributed by atoms with Crippen LogP contribution in [0.5, 0.6) is 0 Å². The third kappa shape index (κ3) is 2.23. The maximum absolute atomic E-state index is 2.67. The largest absolute Gasteiger partial charge is 0.303 e. The van der Waals surface area contributed by atoms with Gasteiger partial charge in [-0.2, -0.15) is 0 Å². The van der Waals surface area contributed by atoms with E-state index in [1.54, 1.807) is 0 Å². The highest BCUT2D eigenvalue weighted by atomic mass is 15.2. The van der Waals surface area contributed by atoms with Gasteiger partial charge in [-0.3, -0.25) is 0 Å². The van der Waals surface area contributed by atoms with E-state index in [4.69, 9.17) is 0 Å². The predicted molar refractivity (Wildman–Crippen MR) is 55.9 cm³/mol. The van der Waals surface area contributed by atoms with Crippen LogP contribution in [0.25, 0.3) is 0 Å². The van der Waals surface area contributed by atoms with Gasteiger partial charge in [0.25, 0.3) is 0 Å². The van der Waals surface area contributed by atoms with Crippen LogP contribution in [-0.2, 0) is 0 Å². The first-order valence-corrected chi connectivity index (χ1v) is 5.86. The van der Waals surface area contributed by atoms with Crippen LogP contribution >= 0.6 is 0 Å². The van der Waals surface area contributed by atoms with Crippen LogP contribution in [-0.4, -0.2) is 48.6 Å². The second-order valence-corrected chi connectivity index (χ2v) is 4.46. The van der Waals surface area contributed by atoms with Crippen molar-refractivity contribution in [1.29, 1.82) is 0 Å². The van der Waals surface area contributed by atoms with Gasteiger partial charge in [0, 0.05) is 6.04 Å². The lowest BCUT2D eigenvalue weighted by molar-refractivity contribution is 0.0635. The summed E-state index contributed by atoms with van der Waals surface area (Å²) in [6.07, 6.45) is 5.59. The third-order valence-electron chi connectivity index (χ3n) is 3.50. The molecule has 0 bridgehead atoms. The lowest BCUT2D eigenvalue weighted by Crippen LogP contribution is -2.50. The fourth-order valence-corrected chi connectivity index (χ4v) is 2.53. The zero-order chi connectivity index (χ0) is 9.10. The van der Waals surface area contributed by atoms with Crippen LogP contribution in [0.15, 0.2) is 0 Å². The van der Waals surface area contributed by atoms with Crippen LogP contribution in [0.3, 0.4) is 0 Å². The molecule has 0 aromatic rings. The molecule has 0 saturated carbocycles. The minimum Gasteiger partial charge on any atom is -0.303 e. The van der Waals surface area contributed by atoms with E-state index in [2.05, 4.69) is 16.7 Å². The Kier molecular flexibility index (Phi) is 3.23. The summed E-state index contributed by atoms with van der Waals surface area (Å²) in [5, 5.41) is 0. The molecule has 0 aliphatic carbocycles. The van der Waals surface area contributed by atoms with Crippen molar-refractivity contribution in [2.75, 3.05) is 32.7 Å². The fraction of sp³-hybridized carbons (Fsp3) is 1.00. The molecule has 2 rings (SSSR count). The molecule has 0 unspecified atom stereocenters. The molecule has 76 valence electrons. The van der Waals surface area contributed by atoms with E-state index in [1.807, 2.05) is 0 Å². The van der Waals surface area contributed by atoms with E-state index >= 15 is 0 Å². The quantitative estimate of drug-likeness (QED) is 0.653. The molecule has 2 saturated heterocycles. The fourth-order valence-electron chi connectivity index (χ4n) is 2.53. The van der Waals surface area contributed by atoms with Crippen molar-refractivity contribution in [2.45, 2.75) is 38.6 Å². The lowest BCUT2D eigenvalue weighted by atomic mass is 10.00. The van der Waals surface area contributed by atoms with Crippen LogP contribution < -0.4 is 0 Å². The predicted octanol–water partition coefficient (Wildman–Crippen LogP) is 1.57. The molecule has 0 atom stereocenters. The van der Waals surface area contributed by atoms with Gasteiger partial charge in [-0.15, -0.1) is 0 Å². The number of likely N-dealkylation sites (tertiary alicyclic amines) is 2. The maximum Gasteiger partial charge on any atom is 0.0120 e. The van der Waals surface area contributed by atoms with Crippen LogP contribution in [0.4, 0.5) is 0 Å². The Bertz CT molecular complexity index is 146. The molecule has 0 aromatic heterocycles. The molecule has 2 aliphatic heterocycles. The van der Waals surface area contributed by atoms with Crippen molar-refractivity contribution in [3.63, 3.8) is 0 Å². The first-order valence-electron chi connectivity index (χ1n) is 5.86. The number of hydrogen-bond acceptors (Lipinski definition) is 2. The van der Waals surface area contributed by atoms with Crippen molar-refractivity contribution in [1.82, 2.24) is 9.80 Å². The maximum atomic E-state index is 2.67. The number of nitrogens with zero attached hydrogens (tertiary/aromatic N) is 2. The summed E-state index contributed by atoms with van der Waals surface area (Å²) in [7, 11) is 0. The smallest absolute Gasteiger partial charge is 0.0120 e. The lowest BCUT2D eigenvalue weighted by Gasteiger charge is -2.43. The average Bonchev–Trinajstić information content (AvgIpc) is 2.06. The molecule has 0 amide bonds. The van der Waals surface area contributed by atoms with Gasteiger partial charge in [0.2, 0.25) is 0 Å². The molecule has 0 N–H and O–H groups in total. The summed E-state index contributed by atoms with van der Waals surface area (Å²) in [6, 6.07) is 0.932. The number of hydrogen-bond donors (Lipinski definition) is 0. The SMILES string of the molecule is CCCN1CCC(N2CCC2)CC1. The Morgan fingerprint density at radius 2 is 1.77 bits per heavy atom. The second-order valence-electron chi connectivity index (χ2n) is 4.46. The Balaban J connectivity index is 1.69. The summed E-state index contributed by atoms with van der Waals surface area (Å²) in [6.45, 7) is 9.02. The van der Waals surface area contributed by atoms with Gasteiger partial charge < -0.3 is 9.80 Å². The van der Waals surface area contributed by atoms with Gasteiger partial charge >= 0.3 is 0 Å². The number of piperidine rings is 1. The monoisotopic (exact) mass is 182 g/mol. The molecule has 2 aliphatic rings. The van der Waals surface area contributed by atoms with Crippen molar-refractivity contribution >= 4 is 0 Å². The van der Waals surface area contributed by atoms with E-state index in [0.29, 0.717) is 0 Å². The molecular formula is C11H22N2. The molecule has 0 radical (unpaired) electrons. The average molecular weight is 182 g/mol. The minimum atomic E-state index is 0.932. The summed E-state index contributed by atoms with van der Waals surface area (Å²) < 4.78 is 0. The van der Waals surface area contributed by atoms with Crippen molar-refractivity contribution in [3.8, 4) is 0 Å². The van der Waals surface area contributed by atoms with Crippen molar-refractivity contribution < 1.29 is 0 Å². The normalized spacial score (nSPS) is 27.5. The van der Waals surface area contributed by atoms with E-state index in [0.717, 1.165) is 6.04 Å². The Hall–Kier alpha value is -0.0800. The first kappa shape index (κ1) is 9.47. The Labute approximate surface area is 81.9 Å². The van der Waals surface area contributed by atoms with E-state index in [1.165, 1.54) is 58.4 Å². The topological polar surface area (TPSA) is 6.48 Å². The van der Waals surface area contributed by atoms with Gasteiger partial charge in [0.15, 0.2) is 0 Å². The van der Waals surface area contributed by atoms with Gasteiger partial charge in [0.05, 0.1) is 0 Å². The van der Waals surface area contributed by atoms with Gasteiger partial charge in [-0.25, -0.2) is 0 Å². The van der Waals surface area contributed by atoms with Crippen molar-refractivity contribution in [2.24, 2.45) is 0 Å². The Morgan fingerprint density at radius 3 is 2.23 bits per heavy atom. The standard InChI is InChI=1S/C11H22N2/c1-2-6-12-9-4-11(5-10-12)13-7-3-8-13/h11H,2-10H2,1H3. The molecule has 2 heterocycles. The van der Waals surface area contributed by atoms with Crippen LogP contribution in [0.1, 0.15) is 32.6 Å². The summed E-state index contributed by atoms with van der Waals surface area (Å²) in [4.78, 5) is 5.29. The van der Waals surface area contributed by atoms with Crippen LogP contribution in [0.2, 0.25) is 0 Å².